The molecule has 2 rings (SSSR count). The number of fused-ring (bicyclic) bond motifs is 1. The highest BCUT2D eigenvalue weighted by Gasteiger charge is 2.13. The lowest BCUT2D eigenvalue weighted by Gasteiger charge is -2.15. The molecule has 1 amide bonds. The smallest absolute Gasteiger partial charge is 0.248 e. The molecule has 2 aromatic rings. The second kappa shape index (κ2) is 6.23. The van der Waals surface area contributed by atoms with Crippen molar-refractivity contribution in [2.75, 3.05) is 0 Å². The topological polar surface area (TPSA) is 56.0 Å². The highest BCUT2D eigenvalue weighted by molar-refractivity contribution is 6.35. The van der Waals surface area contributed by atoms with Gasteiger partial charge in [0.2, 0.25) is 5.91 Å². The van der Waals surface area contributed by atoms with E-state index < -0.39 is 5.91 Å². The van der Waals surface area contributed by atoms with Crippen LogP contribution in [0.4, 0.5) is 0 Å². The summed E-state index contributed by atoms with van der Waals surface area (Å²) >= 11 is 6.34. The molecule has 106 valence electrons. The van der Waals surface area contributed by atoms with E-state index in [1.54, 1.807) is 18.2 Å². The van der Waals surface area contributed by atoms with Crippen LogP contribution in [0.25, 0.3) is 10.9 Å². The number of pyridine rings is 1. The Morgan fingerprint density at radius 3 is 2.70 bits per heavy atom. The predicted octanol–water partition coefficient (Wildman–Crippen LogP) is 4.28. The fraction of sp³-hybridized carbons (Fsp3) is 0.375. The third kappa shape index (κ3) is 2.93. The van der Waals surface area contributed by atoms with E-state index in [-0.39, 0.29) is 0 Å². The first-order valence-corrected chi connectivity index (χ1v) is 7.34. The van der Waals surface area contributed by atoms with E-state index in [1.165, 1.54) is 0 Å². The maximum Gasteiger partial charge on any atom is 0.248 e. The molecule has 2 N–H and O–H groups in total. The van der Waals surface area contributed by atoms with Crippen LogP contribution in [0.1, 0.15) is 55.1 Å². The number of carbonyl (C=O) groups is 1. The standard InChI is InChI=1S/C16H19ClN2O/c1-3-5-10(4-2)14-9-13(17)12-7-6-11(16(18)20)8-15(12)19-14/h6-10H,3-5H2,1-2H3,(H2,18,20). The minimum Gasteiger partial charge on any atom is -0.366 e. The minimum atomic E-state index is -0.448. The number of rotatable bonds is 5. The predicted molar refractivity (Wildman–Crippen MR) is 83.2 cm³/mol. The Morgan fingerprint density at radius 2 is 2.10 bits per heavy atom. The summed E-state index contributed by atoms with van der Waals surface area (Å²) in [6.45, 7) is 4.32. The Labute approximate surface area is 124 Å². The Bertz CT molecular complexity index is 640. The molecule has 0 saturated carbocycles. The van der Waals surface area contributed by atoms with Crippen LogP contribution < -0.4 is 5.73 Å². The number of primary amides is 1. The van der Waals surface area contributed by atoms with Crippen molar-refractivity contribution in [1.29, 1.82) is 0 Å². The molecular weight excluding hydrogens is 272 g/mol. The van der Waals surface area contributed by atoms with Crippen molar-refractivity contribution in [3.63, 3.8) is 0 Å². The number of carbonyl (C=O) groups excluding carboxylic acids is 1. The van der Waals surface area contributed by atoms with Crippen LogP contribution in [0.5, 0.6) is 0 Å². The molecule has 1 aromatic heterocycles. The molecule has 1 unspecified atom stereocenters. The normalized spacial score (nSPS) is 12.6. The van der Waals surface area contributed by atoms with Crippen LogP contribution in [-0.4, -0.2) is 10.9 Å². The molecule has 3 nitrogen and oxygen atoms in total. The number of halogens is 1. The van der Waals surface area contributed by atoms with Crippen LogP contribution in [0.3, 0.4) is 0 Å². The molecule has 20 heavy (non-hydrogen) atoms. The quantitative estimate of drug-likeness (QED) is 0.893. The maximum absolute atomic E-state index is 11.3. The first-order chi connectivity index (χ1) is 9.56. The van der Waals surface area contributed by atoms with Crippen molar-refractivity contribution >= 4 is 28.4 Å². The van der Waals surface area contributed by atoms with Gasteiger partial charge in [-0.15, -0.1) is 0 Å². The van der Waals surface area contributed by atoms with Crippen LogP contribution in [-0.2, 0) is 0 Å². The summed E-state index contributed by atoms with van der Waals surface area (Å²) in [7, 11) is 0. The summed E-state index contributed by atoms with van der Waals surface area (Å²) in [6, 6.07) is 7.14. The molecule has 0 fully saturated rings. The molecule has 0 saturated heterocycles. The molecule has 0 radical (unpaired) electrons. The summed E-state index contributed by atoms with van der Waals surface area (Å²) < 4.78 is 0. The number of nitrogens with zero attached hydrogens (tertiary/aromatic N) is 1. The van der Waals surface area contributed by atoms with Gasteiger partial charge in [-0.3, -0.25) is 9.78 Å². The van der Waals surface area contributed by atoms with Gasteiger partial charge in [0.05, 0.1) is 10.5 Å². The van der Waals surface area contributed by atoms with Crippen LogP contribution in [0.2, 0.25) is 5.02 Å². The second-order valence-corrected chi connectivity index (χ2v) is 5.43. The first-order valence-electron chi connectivity index (χ1n) is 6.96. The molecule has 0 spiro atoms. The van der Waals surface area contributed by atoms with Gasteiger partial charge in [0.25, 0.3) is 0 Å². The lowest BCUT2D eigenvalue weighted by Crippen LogP contribution is -2.10. The molecule has 1 atom stereocenters. The number of hydrogen-bond acceptors (Lipinski definition) is 2. The Balaban J connectivity index is 2.55. The Kier molecular flexibility index (Phi) is 4.61. The SMILES string of the molecule is CCCC(CC)c1cc(Cl)c2ccc(C(N)=O)cc2n1. The van der Waals surface area contributed by atoms with Gasteiger partial charge in [0.15, 0.2) is 0 Å². The zero-order valence-corrected chi connectivity index (χ0v) is 12.6. The van der Waals surface area contributed by atoms with Crippen molar-refractivity contribution in [3.05, 3.63) is 40.5 Å². The van der Waals surface area contributed by atoms with Gasteiger partial charge in [-0.2, -0.15) is 0 Å². The van der Waals surface area contributed by atoms with Gasteiger partial charge < -0.3 is 5.73 Å². The number of nitrogens with two attached hydrogens (primary N) is 1. The third-order valence-electron chi connectivity index (χ3n) is 3.61. The van der Waals surface area contributed by atoms with Gasteiger partial charge in [-0.1, -0.05) is 37.9 Å². The first kappa shape index (κ1) is 14.8. The molecule has 0 aliphatic heterocycles. The van der Waals surface area contributed by atoms with Gasteiger partial charge in [-0.25, -0.2) is 0 Å². The number of amides is 1. The van der Waals surface area contributed by atoms with E-state index >= 15 is 0 Å². The highest BCUT2D eigenvalue weighted by Crippen LogP contribution is 2.30. The summed E-state index contributed by atoms with van der Waals surface area (Å²) in [5.41, 5.74) is 7.50. The zero-order valence-electron chi connectivity index (χ0n) is 11.8. The zero-order chi connectivity index (χ0) is 14.7. The molecule has 1 heterocycles. The van der Waals surface area contributed by atoms with Crippen LogP contribution >= 0.6 is 11.6 Å². The monoisotopic (exact) mass is 290 g/mol. The average molecular weight is 291 g/mol. The summed E-state index contributed by atoms with van der Waals surface area (Å²) in [6.07, 6.45) is 3.22. The van der Waals surface area contributed by atoms with Crippen molar-refractivity contribution in [2.24, 2.45) is 5.73 Å². The Morgan fingerprint density at radius 1 is 1.35 bits per heavy atom. The van der Waals surface area contributed by atoms with Crippen molar-refractivity contribution < 1.29 is 4.79 Å². The van der Waals surface area contributed by atoms with Gasteiger partial charge in [0.1, 0.15) is 0 Å². The van der Waals surface area contributed by atoms with Gasteiger partial charge in [0, 0.05) is 22.6 Å². The van der Waals surface area contributed by atoms with Crippen molar-refractivity contribution in [3.8, 4) is 0 Å². The maximum atomic E-state index is 11.3. The van der Waals surface area contributed by atoms with E-state index in [9.17, 15) is 4.79 Å². The third-order valence-corrected chi connectivity index (χ3v) is 3.92. The number of hydrogen-bond donors (Lipinski definition) is 1. The summed E-state index contributed by atoms with van der Waals surface area (Å²) in [4.78, 5) is 15.9. The van der Waals surface area contributed by atoms with Gasteiger partial charge >= 0.3 is 0 Å². The number of aromatic nitrogens is 1. The lowest BCUT2D eigenvalue weighted by atomic mass is 9.95. The van der Waals surface area contributed by atoms with E-state index in [4.69, 9.17) is 17.3 Å². The summed E-state index contributed by atoms with van der Waals surface area (Å²) in [5.74, 6) is -0.0463. The van der Waals surface area contributed by atoms with Crippen molar-refractivity contribution in [2.45, 2.75) is 39.0 Å². The largest absolute Gasteiger partial charge is 0.366 e. The fourth-order valence-corrected chi connectivity index (χ4v) is 2.75. The molecule has 1 aromatic carbocycles. The second-order valence-electron chi connectivity index (χ2n) is 5.02. The van der Waals surface area contributed by atoms with E-state index in [0.29, 0.717) is 16.5 Å². The molecule has 0 bridgehead atoms. The molecule has 4 heteroatoms. The minimum absolute atomic E-state index is 0.402. The fourth-order valence-electron chi connectivity index (χ4n) is 2.48. The average Bonchev–Trinajstić information content (AvgIpc) is 2.43. The lowest BCUT2D eigenvalue weighted by molar-refractivity contribution is 0.100. The van der Waals surface area contributed by atoms with E-state index in [1.807, 2.05) is 6.07 Å². The van der Waals surface area contributed by atoms with Gasteiger partial charge in [-0.05, 0) is 31.0 Å². The van der Waals surface area contributed by atoms with Crippen LogP contribution in [0, 0.1) is 0 Å². The molecule has 0 aliphatic rings. The highest BCUT2D eigenvalue weighted by atomic mass is 35.5. The number of benzene rings is 1. The van der Waals surface area contributed by atoms with E-state index in [0.717, 1.165) is 35.9 Å². The molecular formula is C16H19ClN2O. The summed E-state index contributed by atoms with van der Waals surface area (Å²) in [5, 5.41) is 1.53. The van der Waals surface area contributed by atoms with Crippen molar-refractivity contribution in [1.82, 2.24) is 4.98 Å². The Hall–Kier alpha value is -1.61. The van der Waals surface area contributed by atoms with Crippen LogP contribution in [0.15, 0.2) is 24.3 Å². The molecule has 0 aliphatic carbocycles. The van der Waals surface area contributed by atoms with E-state index in [2.05, 4.69) is 18.8 Å².